The molecule has 122 valence electrons. The van der Waals surface area contributed by atoms with E-state index in [2.05, 4.69) is 9.97 Å². The van der Waals surface area contributed by atoms with E-state index in [4.69, 9.17) is 4.74 Å². The summed E-state index contributed by atoms with van der Waals surface area (Å²) in [5.74, 6) is -0.0893. The second-order valence-electron chi connectivity index (χ2n) is 5.40. The number of hydrogen-bond donors (Lipinski definition) is 0. The van der Waals surface area contributed by atoms with Gasteiger partial charge in [-0.3, -0.25) is 4.79 Å². The quantitative estimate of drug-likeness (QED) is 0.821. The van der Waals surface area contributed by atoms with Gasteiger partial charge < -0.3 is 19.1 Å². The maximum Gasteiger partial charge on any atom is 0.409 e. The minimum Gasteiger partial charge on any atom is -0.450 e. The Morgan fingerprint density at radius 2 is 1.87 bits per heavy atom. The van der Waals surface area contributed by atoms with Crippen LogP contribution in [0.25, 0.3) is 11.2 Å². The van der Waals surface area contributed by atoms with Gasteiger partial charge in [0.1, 0.15) is 5.52 Å². The number of aryl methyl sites for hydroxylation is 1. The van der Waals surface area contributed by atoms with E-state index < -0.39 is 0 Å². The van der Waals surface area contributed by atoms with Crippen LogP contribution < -0.4 is 0 Å². The third kappa shape index (κ3) is 2.96. The third-order valence-electron chi connectivity index (χ3n) is 3.89. The largest absolute Gasteiger partial charge is 0.450 e. The number of imidazole rings is 1. The average Bonchev–Trinajstić information content (AvgIpc) is 2.95. The zero-order chi connectivity index (χ0) is 16.4. The number of nitrogens with zero attached hydrogens (tertiary/aromatic N) is 5. The van der Waals surface area contributed by atoms with Gasteiger partial charge in [-0.15, -0.1) is 0 Å². The summed E-state index contributed by atoms with van der Waals surface area (Å²) in [5, 5.41) is 0. The van der Waals surface area contributed by atoms with Gasteiger partial charge in [0.15, 0.2) is 5.65 Å². The van der Waals surface area contributed by atoms with Gasteiger partial charge in [-0.1, -0.05) is 0 Å². The van der Waals surface area contributed by atoms with E-state index in [-0.39, 0.29) is 12.0 Å². The number of hydrogen-bond acceptors (Lipinski definition) is 5. The van der Waals surface area contributed by atoms with Gasteiger partial charge in [0.25, 0.3) is 5.91 Å². The smallest absolute Gasteiger partial charge is 0.409 e. The standard InChI is InChI=1S/C15H19N5O3/c1-3-23-15(22)20-6-4-19(5-7-20)14(21)11-8-12-13(16-9-11)18(2)10-17-12/h8-10H,3-7H2,1-2H3. The monoisotopic (exact) mass is 317 g/mol. The number of carbonyl (C=O) groups excluding carboxylic acids is 2. The topological polar surface area (TPSA) is 80.6 Å². The van der Waals surface area contributed by atoms with Crippen LogP contribution >= 0.6 is 0 Å². The van der Waals surface area contributed by atoms with Crippen LogP contribution in [-0.4, -0.2) is 69.1 Å². The first-order chi connectivity index (χ1) is 11.1. The van der Waals surface area contributed by atoms with Crippen LogP contribution in [0, 0.1) is 0 Å². The van der Waals surface area contributed by atoms with Crippen molar-refractivity contribution in [2.75, 3.05) is 32.8 Å². The molecule has 1 saturated heterocycles. The first-order valence-electron chi connectivity index (χ1n) is 7.58. The number of piperazine rings is 1. The highest BCUT2D eigenvalue weighted by Crippen LogP contribution is 2.14. The Hall–Kier alpha value is -2.64. The molecule has 0 atom stereocenters. The number of fused-ring (bicyclic) bond motifs is 1. The first-order valence-corrected chi connectivity index (χ1v) is 7.58. The summed E-state index contributed by atoms with van der Waals surface area (Å²) in [6, 6.07) is 1.75. The second kappa shape index (κ2) is 6.23. The number of aromatic nitrogens is 3. The van der Waals surface area contributed by atoms with E-state index >= 15 is 0 Å². The molecule has 1 aliphatic rings. The van der Waals surface area contributed by atoms with Crippen molar-refractivity contribution >= 4 is 23.2 Å². The van der Waals surface area contributed by atoms with Crippen molar-refractivity contribution in [1.29, 1.82) is 0 Å². The summed E-state index contributed by atoms with van der Waals surface area (Å²) in [4.78, 5) is 36.1. The van der Waals surface area contributed by atoms with E-state index in [1.165, 1.54) is 0 Å². The number of ether oxygens (including phenoxy) is 1. The van der Waals surface area contributed by atoms with Crippen molar-refractivity contribution in [1.82, 2.24) is 24.3 Å². The zero-order valence-electron chi connectivity index (χ0n) is 13.2. The Balaban J connectivity index is 1.67. The first kappa shape index (κ1) is 15.3. The lowest BCUT2D eigenvalue weighted by molar-refractivity contribution is 0.0570. The molecule has 0 unspecified atom stereocenters. The Kier molecular flexibility index (Phi) is 4.14. The SMILES string of the molecule is CCOC(=O)N1CCN(C(=O)c2cnc3c(c2)ncn3C)CC1. The van der Waals surface area contributed by atoms with Crippen LogP contribution in [0.4, 0.5) is 4.79 Å². The van der Waals surface area contributed by atoms with E-state index in [9.17, 15) is 9.59 Å². The summed E-state index contributed by atoms with van der Waals surface area (Å²) in [6.45, 7) is 4.05. The molecule has 0 bridgehead atoms. The average molecular weight is 317 g/mol. The predicted octanol–water partition coefficient (Wildman–Crippen LogP) is 0.883. The molecule has 0 aliphatic carbocycles. The van der Waals surface area contributed by atoms with Crippen LogP contribution in [0.15, 0.2) is 18.6 Å². The van der Waals surface area contributed by atoms with Crippen LogP contribution in [0.5, 0.6) is 0 Å². The van der Waals surface area contributed by atoms with Gasteiger partial charge in [0.2, 0.25) is 0 Å². The van der Waals surface area contributed by atoms with E-state index in [1.807, 2.05) is 11.6 Å². The molecule has 8 heteroatoms. The summed E-state index contributed by atoms with van der Waals surface area (Å²) in [7, 11) is 1.86. The van der Waals surface area contributed by atoms with Crippen LogP contribution in [0.1, 0.15) is 17.3 Å². The summed E-state index contributed by atoms with van der Waals surface area (Å²) in [6.07, 6.45) is 2.92. The molecule has 23 heavy (non-hydrogen) atoms. The molecule has 8 nitrogen and oxygen atoms in total. The normalized spacial score (nSPS) is 15.0. The van der Waals surface area contributed by atoms with Crippen LogP contribution in [0.3, 0.4) is 0 Å². The second-order valence-corrected chi connectivity index (χ2v) is 5.40. The third-order valence-corrected chi connectivity index (χ3v) is 3.89. The van der Waals surface area contributed by atoms with Gasteiger partial charge >= 0.3 is 6.09 Å². The molecule has 3 heterocycles. The van der Waals surface area contributed by atoms with E-state index in [1.54, 1.807) is 35.3 Å². The lowest BCUT2D eigenvalue weighted by atomic mass is 10.2. The lowest BCUT2D eigenvalue weighted by Gasteiger charge is -2.34. The zero-order valence-corrected chi connectivity index (χ0v) is 13.2. The number of carbonyl (C=O) groups is 2. The lowest BCUT2D eigenvalue weighted by Crippen LogP contribution is -2.50. The molecule has 0 spiro atoms. The molecular weight excluding hydrogens is 298 g/mol. The van der Waals surface area contributed by atoms with Crippen molar-refractivity contribution in [3.8, 4) is 0 Å². The van der Waals surface area contributed by atoms with Gasteiger partial charge in [0.05, 0.1) is 18.5 Å². The fourth-order valence-electron chi connectivity index (χ4n) is 2.62. The highest BCUT2D eigenvalue weighted by atomic mass is 16.6. The van der Waals surface area contributed by atoms with Crippen LogP contribution in [-0.2, 0) is 11.8 Å². The van der Waals surface area contributed by atoms with Crippen molar-refractivity contribution in [2.24, 2.45) is 7.05 Å². The minimum atomic E-state index is -0.323. The fourth-order valence-corrected chi connectivity index (χ4v) is 2.62. The molecule has 2 amide bonds. The number of amides is 2. The van der Waals surface area contributed by atoms with Gasteiger partial charge in [-0.2, -0.15) is 0 Å². The van der Waals surface area contributed by atoms with Crippen LogP contribution in [0.2, 0.25) is 0 Å². The molecule has 3 rings (SSSR count). The van der Waals surface area contributed by atoms with Crippen molar-refractivity contribution in [3.63, 3.8) is 0 Å². The predicted molar refractivity (Wildman–Crippen MR) is 83.0 cm³/mol. The molecule has 0 radical (unpaired) electrons. The maximum atomic E-state index is 12.6. The Bertz CT molecular complexity index is 734. The van der Waals surface area contributed by atoms with Gasteiger partial charge in [-0.25, -0.2) is 14.8 Å². The maximum absolute atomic E-state index is 12.6. The molecular formula is C15H19N5O3. The van der Waals surface area contributed by atoms with Gasteiger partial charge in [-0.05, 0) is 13.0 Å². The fraction of sp³-hybridized carbons (Fsp3) is 0.467. The summed E-state index contributed by atoms with van der Waals surface area (Å²) < 4.78 is 6.78. The van der Waals surface area contributed by atoms with E-state index in [0.717, 1.165) is 5.65 Å². The molecule has 0 saturated carbocycles. The minimum absolute atomic E-state index is 0.0893. The summed E-state index contributed by atoms with van der Waals surface area (Å²) in [5.41, 5.74) is 1.96. The van der Waals surface area contributed by atoms with Crippen molar-refractivity contribution in [2.45, 2.75) is 6.92 Å². The van der Waals surface area contributed by atoms with Crippen molar-refractivity contribution in [3.05, 3.63) is 24.2 Å². The molecule has 0 aromatic carbocycles. The molecule has 1 fully saturated rings. The van der Waals surface area contributed by atoms with Gasteiger partial charge in [0, 0.05) is 39.4 Å². The highest BCUT2D eigenvalue weighted by Gasteiger charge is 2.25. The Morgan fingerprint density at radius 3 is 2.57 bits per heavy atom. The number of pyridine rings is 1. The van der Waals surface area contributed by atoms with Crippen molar-refractivity contribution < 1.29 is 14.3 Å². The molecule has 0 N–H and O–H groups in total. The highest BCUT2D eigenvalue weighted by molar-refractivity contribution is 5.96. The Morgan fingerprint density at radius 1 is 1.17 bits per heavy atom. The van der Waals surface area contributed by atoms with E-state index in [0.29, 0.717) is 43.9 Å². The summed E-state index contributed by atoms with van der Waals surface area (Å²) >= 11 is 0. The molecule has 2 aromatic heterocycles. The number of rotatable bonds is 2. The molecule has 1 aliphatic heterocycles. The molecule has 2 aromatic rings. The Labute approximate surface area is 133 Å².